The van der Waals surface area contributed by atoms with E-state index in [1.807, 2.05) is 0 Å². The van der Waals surface area contributed by atoms with Crippen molar-refractivity contribution in [3.05, 3.63) is 24.3 Å². The molecule has 8 nitrogen and oxygen atoms in total. The number of rotatable bonds is 3. The van der Waals surface area contributed by atoms with Crippen LogP contribution in [0, 0.1) is 0 Å². The van der Waals surface area contributed by atoms with Crippen LogP contribution in [-0.4, -0.2) is 38.3 Å². The van der Waals surface area contributed by atoms with Gasteiger partial charge in [-0.15, -0.1) is 0 Å². The molecular formula is C10H19O8P. The van der Waals surface area contributed by atoms with Crippen molar-refractivity contribution in [1.82, 2.24) is 0 Å². The lowest BCUT2D eigenvalue weighted by molar-refractivity contribution is -0.138. The Hall–Kier alpha value is -1.47. The molecule has 0 fully saturated rings. The van der Waals surface area contributed by atoms with Crippen molar-refractivity contribution < 1.29 is 38.7 Å². The number of hydrogen-bond donors (Lipinski definition) is 4. The SMILES string of the molecule is C=C(C)C(=O)O.C=C(C)C(=O)OCC.O=P(O)(O)O. The third-order valence-corrected chi connectivity index (χ3v) is 0.989. The lowest BCUT2D eigenvalue weighted by Gasteiger charge is -1.96. The van der Waals surface area contributed by atoms with Crippen molar-refractivity contribution >= 4 is 19.8 Å². The minimum atomic E-state index is -4.64. The Morgan fingerprint density at radius 2 is 1.37 bits per heavy atom. The number of hydrogen-bond acceptors (Lipinski definition) is 4. The molecule has 0 saturated heterocycles. The topological polar surface area (TPSA) is 141 Å². The van der Waals surface area contributed by atoms with Crippen molar-refractivity contribution in [2.45, 2.75) is 20.8 Å². The predicted octanol–water partition coefficient (Wildman–Crippen LogP) is 0.844. The van der Waals surface area contributed by atoms with Crippen LogP contribution in [-0.2, 0) is 18.9 Å². The van der Waals surface area contributed by atoms with Crippen LogP contribution in [0.5, 0.6) is 0 Å². The third-order valence-electron chi connectivity index (χ3n) is 0.989. The predicted molar refractivity (Wildman–Crippen MR) is 68.2 cm³/mol. The second-order valence-electron chi connectivity index (χ2n) is 3.10. The molecule has 0 heterocycles. The maximum atomic E-state index is 10.4. The van der Waals surface area contributed by atoms with Crippen LogP contribution < -0.4 is 0 Å². The Bertz CT molecular complexity index is 347. The summed E-state index contributed by atoms with van der Waals surface area (Å²) in [6.45, 7) is 11.8. The summed E-state index contributed by atoms with van der Waals surface area (Å²) in [5.74, 6) is -1.25. The molecule has 0 amide bonds. The fourth-order valence-corrected chi connectivity index (χ4v) is 0.254. The third kappa shape index (κ3) is 38.4. The Morgan fingerprint density at radius 3 is 1.42 bits per heavy atom. The first-order chi connectivity index (χ1) is 8.32. The molecule has 0 aliphatic carbocycles. The minimum Gasteiger partial charge on any atom is -0.478 e. The number of ether oxygens (including phenoxy) is 1. The molecule has 0 aromatic heterocycles. The van der Waals surface area contributed by atoms with E-state index in [2.05, 4.69) is 17.9 Å². The van der Waals surface area contributed by atoms with E-state index >= 15 is 0 Å². The van der Waals surface area contributed by atoms with Gasteiger partial charge in [0.1, 0.15) is 0 Å². The Morgan fingerprint density at radius 1 is 1.11 bits per heavy atom. The average molecular weight is 298 g/mol. The van der Waals surface area contributed by atoms with E-state index in [-0.39, 0.29) is 11.5 Å². The van der Waals surface area contributed by atoms with Gasteiger partial charge in [-0.1, -0.05) is 13.2 Å². The number of carbonyl (C=O) groups excluding carboxylic acids is 1. The summed E-state index contributed by atoms with van der Waals surface area (Å²) in [6.07, 6.45) is 0. The summed E-state index contributed by atoms with van der Waals surface area (Å²) in [5, 5.41) is 7.89. The van der Waals surface area contributed by atoms with Gasteiger partial charge in [-0.3, -0.25) is 0 Å². The first-order valence-electron chi connectivity index (χ1n) is 4.82. The van der Waals surface area contributed by atoms with Crippen LogP contribution in [0.4, 0.5) is 0 Å². The summed E-state index contributed by atoms with van der Waals surface area (Å²) in [4.78, 5) is 41.6. The summed E-state index contributed by atoms with van der Waals surface area (Å²) < 4.78 is 13.4. The fraction of sp³-hybridized carbons (Fsp3) is 0.400. The monoisotopic (exact) mass is 298 g/mol. The fourth-order valence-electron chi connectivity index (χ4n) is 0.254. The number of carbonyl (C=O) groups is 2. The van der Waals surface area contributed by atoms with Crippen molar-refractivity contribution in [3.8, 4) is 0 Å². The lowest BCUT2D eigenvalue weighted by Crippen LogP contribution is -2.03. The highest BCUT2D eigenvalue weighted by molar-refractivity contribution is 7.45. The molecule has 0 radical (unpaired) electrons. The number of carboxylic acids is 1. The maximum Gasteiger partial charge on any atom is 0.466 e. The molecule has 19 heavy (non-hydrogen) atoms. The van der Waals surface area contributed by atoms with E-state index < -0.39 is 13.8 Å². The average Bonchev–Trinajstić information content (AvgIpc) is 2.15. The van der Waals surface area contributed by atoms with E-state index in [1.165, 1.54) is 6.92 Å². The van der Waals surface area contributed by atoms with E-state index in [4.69, 9.17) is 24.4 Å². The molecular weight excluding hydrogens is 279 g/mol. The summed E-state index contributed by atoms with van der Waals surface area (Å²) in [6, 6.07) is 0. The highest BCUT2D eigenvalue weighted by atomic mass is 31.2. The van der Waals surface area contributed by atoms with Crippen LogP contribution in [0.1, 0.15) is 20.8 Å². The molecule has 0 spiro atoms. The van der Waals surface area contributed by atoms with E-state index in [1.54, 1.807) is 13.8 Å². The van der Waals surface area contributed by atoms with Crippen molar-refractivity contribution in [3.63, 3.8) is 0 Å². The highest BCUT2D eigenvalue weighted by Gasteiger charge is 2.00. The maximum absolute atomic E-state index is 10.4. The van der Waals surface area contributed by atoms with Gasteiger partial charge in [-0.25, -0.2) is 14.2 Å². The smallest absolute Gasteiger partial charge is 0.466 e. The van der Waals surface area contributed by atoms with Gasteiger partial charge in [0.05, 0.1) is 6.61 Å². The molecule has 0 saturated carbocycles. The Kier molecular flexibility index (Phi) is 13.9. The molecule has 0 unspecified atom stereocenters. The Labute approximate surface area is 111 Å². The van der Waals surface area contributed by atoms with Gasteiger partial charge in [0.2, 0.25) is 0 Å². The zero-order chi connectivity index (χ0) is 16.2. The van der Waals surface area contributed by atoms with E-state index in [0.717, 1.165) is 0 Å². The summed E-state index contributed by atoms with van der Waals surface area (Å²) in [7, 11) is -4.64. The summed E-state index contributed by atoms with van der Waals surface area (Å²) in [5.41, 5.74) is 0.627. The molecule has 0 bridgehead atoms. The molecule has 0 aromatic carbocycles. The van der Waals surface area contributed by atoms with Crippen molar-refractivity contribution in [2.24, 2.45) is 0 Å². The van der Waals surface area contributed by atoms with E-state index in [0.29, 0.717) is 12.2 Å². The second-order valence-corrected chi connectivity index (χ2v) is 4.13. The van der Waals surface area contributed by atoms with Crippen LogP contribution >= 0.6 is 7.82 Å². The standard InChI is InChI=1S/C6H10O2.C4H6O2.H3O4P/c1-4-8-6(7)5(2)3;1-3(2)4(5)6;1-5(2,3)4/h2,4H2,1,3H3;1H2,2H3,(H,5,6);(H3,1,2,3,4). The molecule has 112 valence electrons. The first-order valence-corrected chi connectivity index (χ1v) is 6.39. The number of carboxylic acid groups (broad SMARTS) is 1. The van der Waals surface area contributed by atoms with Gasteiger partial charge in [0, 0.05) is 11.1 Å². The van der Waals surface area contributed by atoms with Crippen LogP contribution in [0.3, 0.4) is 0 Å². The number of phosphoric acid groups is 1. The Balaban J connectivity index is -0.000000209. The normalized spacial score (nSPS) is 8.95. The minimum absolute atomic E-state index is 0.176. The molecule has 0 aromatic rings. The first kappa shape index (κ1) is 22.7. The number of esters is 1. The van der Waals surface area contributed by atoms with Crippen molar-refractivity contribution in [1.29, 1.82) is 0 Å². The van der Waals surface area contributed by atoms with Gasteiger partial charge >= 0.3 is 19.8 Å². The van der Waals surface area contributed by atoms with Gasteiger partial charge in [0.25, 0.3) is 0 Å². The summed E-state index contributed by atoms with van der Waals surface area (Å²) >= 11 is 0. The van der Waals surface area contributed by atoms with E-state index in [9.17, 15) is 9.59 Å². The van der Waals surface area contributed by atoms with Gasteiger partial charge < -0.3 is 24.5 Å². The molecule has 0 atom stereocenters. The zero-order valence-electron chi connectivity index (χ0n) is 11.0. The van der Waals surface area contributed by atoms with Gasteiger partial charge in [0.15, 0.2) is 0 Å². The van der Waals surface area contributed by atoms with Gasteiger partial charge in [-0.2, -0.15) is 0 Å². The lowest BCUT2D eigenvalue weighted by atomic mass is 10.4. The molecule has 4 N–H and O–H groups in total. The molecule has 0 rings (SSSR count). The van der Waals surface area contributed by atoms with Crippen LogP contribution in [0.25, 0.3) is 0 Å². The zero-order valence-corrected chi connectivity index (χ0v) is 11.9. The van der Waals surface area contributed by atoms with Crippen LogP contribution in [0.15, 0.2) is 24.3 Å². The highest BCUT2D eigenvalue weighted by Crippen LogP contribution is 2.25. The van der Waals surface area contributed by atoms with Gasteiger partial charge in [-0.05, 0) is 20.8 Å². The largest absolute Gasteiger partial charge is 0.478 e. The second kappa shape index (κ2) is 11.6. The number of aliphatic carboxylic acids is 1. The van der Waals surface area contributed by atoms with Crippen LogP contribution in [0.2, 0.25) is 0 Å². The molecule has 0 aliphatic rings. The van der Waals surface area contributed by atoms with Crippen molar-refractivity contribution in [2.75, 3.05) is 6.61 Å². The molecule has 9 heteroatoms. The quantitative estimate of drug-likeness (QED) is 0.341. The molecule has 0 aliphatic heterocycles.